The lowest BCUT2D eigenvalue weighted by molar-refractivity contribution is -0.276. The summed E-state index contributed by atoms with van der Waals surface area (Å²) in [4.78, 5) is 24.6. The number of allylic oxidation sites excluding steroid dienone is 1. The van der Waals surface area contributed by atoms with E-state index < -0.39 is 11.0 Å². The van der Waals surface area contributed by atoms with Gasteiger partial charge in [-0.3, -0.25) is 4.79 Å². The van der Waals surface area contributed by atoms with Gasteiger partial charge >= 0.3 is 11.9 Å². The van der Waals surface area contributed by atoms with E-state index in [4.69, 9.17) is 14.2 Å². The zero-order valence-electron chi connectivity index (χ0n) is 16.3. The molecule has 3 aliphatic heterocycles. The van der Waals surface area contributed by atoms with Crippen LogP contribution >= 0.6 is 0 Å². The smallest absolute Gasteiger partial charge is 0.334 e. The quantitative estimate of drug-likeness (QED) is 0.439. The zero-order valence-corrected chi connectivity index (χ0v) is 16.3. The molecule has 5 rings (SSSR count). The molecule has 0 radical (unpaired) electrons. The van der Waals surface area contributed by atoms with E-state index in [1.165, 1.54) is 5.57 Å². The van der Waals surface area contributed by atoms with Crippen molar-refractivity contribution in [1.82, 2.24) is 0 Å². The van der Waals surface area contributed by atoms with Crippen LogP contribution in [0.15, 0.2) is 23.3 Å². The molecule has 0 N–H and O–H groups in total. The molecule has 5 nitrogen and oxygen atoms in total. The highest BCUT2D eigenvalue weighted by molar-refractivity contribution is 5.91. The maximum atomic E-state index is 12.4. The van der Waals surface area contributed by atoms with E-state index in [0.717, 1.165) is 24.8 Å². The van der Waals surface area contributed by atoms with Crippen LogP contribution in [0.3, 0.4) is 0 Å². The van der Waals surface area contributed by atoms with Gasteiger partial charge in [-0.05, 0) is 45.6 Å². The standard InChI is InChI=1S/C21H28O5/c1-7-10(2)18(22)25-17-15-14-11(3)8-9-13-12(4)19(23)24-16(13)20(14,5)21(17,6)26-15/h10,13,15-17H,4,7-9H2,1-3,5-6H3. The second kappa shape index (κ2) is 5.44. The highest BCUT2D eigenvalue weighted by Gasteiger charge is 2.79. The van der Waals surface area contributed by atoms with Gasteiger partial charge in [0.2, 0.25) is 0 Å². The molecule has 7 atom stereocenters. The second-order valence-corrected chi connectivity index (χ2v) is 8.70. The fourth-order valence-electron chi connectivity index (χ4n) is 5.46. The number of hydrogen-bond acceptors (Lipinski definition) is 5. The summed E-state index contributed by atoms with van der Waals surface area (Å²) in [7, 11) is 0. The average Bonchev–Trinajstić information content (AvgIpc) is 3.06. The summed E-state index contributed by atoms with van der Waals surface area (Å²) in [6.07, 6.45) is 1.62. The number of carbonyl (C=O) groups excluding carboxylic acids is 2. The van der Waals surface area contributed by atoms with E-state index in [1.54, 1.807) is 0 Å². The summed E-state index contributed by atoms with van der Waals surface area (Å²) in [5.74, 6) is -0.630. The topological polar surface area (TPSA) is 61.8 Å². The minimum atomic E-state index is -0.685. The van der Waals surface area contributed by atoms with Crippen molar-refractivity contribution < 1.29 is 23.8 Å². The molecule has 3 saturated heterocycles. The van der Waals surface area contributed by atoms with Crippen LogP contribution in [0.2, 0.25) is 0 Å². The molecule has 0 amide bonds. The number of rotatable bonds is 3. The predicted octanol–water partition coefficient (Wildman–Crippen LogP) is 3.33. The number of carbonyl (C=O) groups is 2. The van der Waals surface area contributed by atoms with Gasteiger partial charge in [-0.2, -0.15) is 0 Å². The summed E-state index contributed by atoms with van der Waals surface area (Å²) in [5, 5.41) is 0. The Morgan fingerprint density at radius 1 is 1.42 bits per heavy atom. The van der Waals surface area contributed by atoms with Crippen molar-refractivity contribution in [1.29, 1.82) is 0 Å². The minimum Gasteiger partial charge on any atom is -0.457 e. The van der Waals surface area contributed by atoms with E-state index in [2.05, 4.69) is 20.4 Å². The van der Waals surface area contributed by atoms with Crippen LogP contribution in [-0.2, 0) is 23.8 Å². The van der Waals surface area contributed by atoms with Crippen molar-refractivity contribution in [3.63, 3.8) is 0 Å². The highest BCUT2D eigenvalue weighted by atomic mass is 16.6. The van der Waals surface area contributed by atoms with Crippen molar-refractivity contribution in [2.75, 3.05) is 0 Å². The van der Waals surface area contributed by atoms with Crippen molar-refractivity contribution in [3.05, 3.63) is 23.3 Å². The van der Waals surface area contributed by atoms with E-state index >= 15 is 0 Å². The molecule has 2 aliphatic carbocycles. The SMILES string of the molecule is C=C1C(=O)OC2C1CCC(C)=C1C3OC(C)(C3OC(=O)C(C)CC)C12C. The van der Waals surface area contributed by atoms with Crippen LogP contribution in [0.1, 0.15) is 53.9 Å². The molecule has 0 aromatic carbocycles. The Kier molecular flexibility index (Phi) is 3.72. The Morgan fingerprint density at radius 2 is 2.12 bits per heavy atom. The molecule has 2 bridgehead atoms. The van der Waals surface area contributed by atoms with E-state index in [-0.39, 0.29) is 42.1 Å². The Morgan fingerprint density at radius 3 is 2.77 bits per heavy atom. The van der Waals surface area contributed by atoms with Crippen LogP contribution in [0, 0.1) is 17.3 Å². The van der Waals surface area contributed by atoms with Crippen LogP contribution in [0.4, 0.5) is 0 Å². The van der Waals surface area contributed by atoms with Gasteiger partial charge in [0.05, 0.1) is 11.3 Å². The van der Waals surface area contributed by atoms with Crippen molar-refractivity contribution in [3.8, 4) is 0 Å². The molecule has 1 saturated carbocycles. The number of fused-ring (bicyclic) bond motifs is 1. The molecule has 5 heteroatoms. The fourth-order valence-corrected chi connectivity index (χ4v) is 5.46. The lowest BCUT2D eigenvalue weighted by Crippen LogP contribution is -2.64. The molecule has 4 fully saturated rings. The lowest BCUT2D eigenvalue weighted by Gasteiger charge is -2.50. The molecule has 7 unspecified atom stereocenters. The predicted molar refractivity (Wildman–Crippen MR) is 95.2 cm³/mol. The van der Waals surface area contributed by atoms with E-state index in [1.807, 2.05) is 20.8 Å². The van der Waals surface area contributed by atoms with Gasteiger partial charge in [0.15, 0.2) is 6.10 Å². The third-order valence-corrected chi connectivity index (χ3v) is 7.49. The Bertz CT molecular complexity index is 737. The van der Waals surface area contributed by atoms with Crippen LogP contribution < -0.4 is 0 Å². The number of hydrogen-bond donors (Lipinski definition) is 0. The first-order chi connectivity index (χ1) is 12.2. The largest absolute Gasteiger partial charge is 0.457 e. The summed E-state index contributed by atoms with van der Waals surface area (Å²) >= 11 is 0. The first kappa shape index (κ1) is 17.8. The molecule has 0 aromatic rings. The third-order valence-electron chi connectivity index (χ3n) is 7.49. The number of ether oxygens (including phenoxy) is 3. The summed E-state index contributed by atoms with van der Waals surface area (Å²) in [6, 6.07) is 0. The Labute approximate surface area is 154 Å². The summed E-state index contributed by atoms with van der Waals surface area (Å²) in [5.41, 5.74) is 1.80. The van der Waals surface area contributed by atoms with Crippen LogP contribution in [-0.4, -0.2) is 35.9 Å². The fraction of sp³-hybridized carbons (Fsp3) is 0.714. The highest BCUT2D eigenvalue weighted by Crippen LogP contribution is 2.69. The van der Waals surface area contributed by atoms with Gasteiger partial charge in [-0.1, -0.05) is 26.0 Å². The third kappa shape index (κ3) is 1.90. The summed E-state index contributed by atoms with van der Waals surface area (Å²) in [6.45, 7) is 14.1. The van der Waals surface area contributed by atoms with Gasteiger partial charge < -0.3 is 14.2 Å². The van der Waals surface area contributed by atoms with Gasteiger partial charge in [0.25, 0.3) is 0 Å². The van der Waals surface area contributed by atoms with Crippen molar-refractivity contribution in [2.24, 2.45) is 17.3 Å². The second-order valence-electron chi connectivity index (χ2n) is 8.70. The van der Waals surface area contributed by atoms with Gasteiger partial charge in [-0.25, -0.2) is 4.79 Å². The zero-order chi connectivity index (χ0) is 19.0. The normalized spacial score (nSPS) is 44.7. The van der Waals surface area contributed by atoms with Crippen LogP contribution in [0.25, 0.3) is 0 Å². The van der Waals surface area contributed by atoms with Crippen LogP contribution in [0.5, 0.6) is 0 Å². The van der Waals surface area contributed by atoms with Gasteiger partial charge in [0, 0.05) is 11.5 Å². The minimum absolute atomic E-state index is 0.00866. The van der Waals surface area contributed by atoms with Gasteiger partial charge in [0.1, 0.15) is 17.8 Å². The van der Waals surface area contributed by atoms with E-state index in [9.17, 15) is 9.59 Å². The molecule has 142 valence electrons. The lowest BCUT2D eigenvalue weighted by atomic mass is 9.66. The average molecular weight is 360 g/mol. The molecule has 0 aromatic heterocycles. The Balaban J connectivity index is 1.75. The van der Waals surface area contributed by atoms with Crippen molar-refractivity contribution in [2.45, 2.75) is 77.8 Å². The first-order valence-electron chi connectivity index (χ1n) is 9.65. The molecule has 5 aliphatic rings. The molecule has 0 spiro atoms. The molecular formula is C21H28O5. The molecule has 26 heavy (non-hydrogen) atoms. The maximum absolute atomic E-state index is 12.4. The summed E-state index contributed by atoms with van der Waals surface area (Å²) < 4.78 is 18.0. The molecule has 3 heterocycles. The van der Waals surface area contributed by atoms with Gasteiger partial charge in [-0.15, -0.1) is 0 Å². The number of esters is 2. The Hall–Kier alpha value is -1.62. The van der Waals surface area contributed by atoms with Crippen molar-refractivity contribution >= 4 is 11.9 Å². The van der Waals surface area contributed by atoms with E-state index in [0.29, 0.717) is 5.57 Å². The monoisotopic (exact) mass is 360 g/mol. The maximum Gasteiger partial charge on any atom is 0.334 e. The first-order valence-corrected chi connectivity index (χ1v) is 9.65. The molecular weight excluding hydrogens is 332 g/mol.